The molecule has 0 spiro atoms. The molecule has 1 heterocycles. The Morgan fingerprint density at radius 3 is 2.45 bits per heavy atom. The van der Waals surface area contributed by atoms with Crippen molar-refractivity contribution in [3.05, 3.63) is 34.9 Å². The van der Waals surface area contributed by atoms with Gasteiger partial charge in [-0.3, -0.25) is 4.79 Å². The Labute approximate surface area is 168 Å². The lowest BCUT2D eigenvalue weighted by Gasteiger charge is -2.35. The highest BCUT2D eigenvalue weighted by molar-refractivity contribution is 6.17. The molecule has 0 bridgehead atoms. The predicted molar refractivity (Wildman–Crippen MR) is 104 cm³/mol. The molecule has 7 heteroatoms. The molecule has 2 N–H and O–H groups in total. The fourth-order valence-corrected chi connectivity index (χ4v) is 4.39. The van der Waals surface area contributed by atoms with Crippen molar-refractivity contribution in [1.82, 2.24) is 0 Å². The molecule has 2 unspecified atom stereocenters. The topological polar surface area (TPSA) is 102 Å². The number of hydrogen-bond acceptors (Lipinski definition) is 6. The zero-order chi connectivity index (χ0) is 20.7. The van der Waals surface area contributed by atoms with E-state index in [0.717, 1.165) is 24.0 Å². The number of rotatable bonds is 5. The Kier molecular flexibility index (Phi) is 5.08. The SMILES string of the molecule is COc1cc2c(cc1OC)C1=C(/C=C(/C(=O)O)C(=O)CCC1C1CC1)C(CO)O2. The van der Waals surface area contributed by atoms with Crippen molar-refractivity contribution in [2.75, 3.05) is 20.8 Å². The zero-order valence-electron chi connectivity index (χ0n) is 16.4. The largest absolute Gasteiger partial charge is 0.493 e. The van der Waals surface area contributed by atoms with Gasteiger partial charge in [-0.15, -0.1) is 0 Å². The van der Waals surface area contributed by atoms with E-state index in [1.54, 1.807) is 13.2 Å². The van der Waals surface area contributed by atoms with Gasteiger partial charge < -0.3 is 24.4 Å². The minimum Gasteiger partial charge on any atom is -0.493 e. The van der Waals surface area contributed by atoms with Crippen LogP contribution in [0, 0.1) is 11.8 Å². The summed E-state index contributed by atoms with van der Waals surface area (Å²) in [6, 6.07) is 3.57. The molecular formula is C22H24O7. The first-order valence-electron chi connectivity index (χ1n) is 9.74. The summed E-state index contributed by atoms with van der Waals surface area (Å²) < 4.78 is 16.9. The van der Waals surface area contributed by atoms with E-state index in [0.29, 0.717) is 35.2 Å². The molecule has 154 valence electrons. The van der Waals surface area contributed by atoms with Crippen LogP contribution in [0.5, 0.6) is 17.2 Å². The van der Waals surface area contributed by atoms with Crippen LogP contribution in [0.3, 0.4) is 0 Å². The number of hydrogen-bond donors (Lipinski definition) is 2. The summed E-state index contributed by atoms with van der Waals surface area (Å²) in [4.78, 5) is 24.2. The van der Waals surface area contributed by atoms with E-state index in [1.165, 1.54) is 13.2 Å². The molecule has 0 aromatic heterocycles. The van der Waals surface area contributed by atoms with Crippen LogP contribution in [-0.4, -0.2) is 48.9 Å². The van der Waals surface area contributed by atoms with Crippen molar-refractivity contribution in [2.45, 2.75) is 31.8 Å². The Bertz CT molecular complexity index is 923. The predicted octanol–water partition coefficient (Wildman–Crippen LogP) is 2.61. The fourth-order valence-electron chi connectivity index (χ4n) is 4.39. The molecule has 1 saturated carbocycles. The van der Waals surface area contributed by atoms with Gasteiger partial charge in [-0.1, -0.05) is 0 Å². The monoisotopic (exact) mass is 400 g/mol. The molecule has 2 aliphatic carbocycles. The first-order chi connectivity index (χ1) is 14.0. The fraction of sp³-hybridized carbons (Fsp3) is 0.455. The Morgan fingerprint density at radius 1 is 1.17 bits per heavy atom. The average Bonchev–Trinajstić information content (AvgIpc) is 3.54. The van der Waals surface area contributed by atoms with Crippen molar-refractivity contribution in [1.29, 1.82) is 0 Å². The van der Waals surface area contributed by atoms with Crippen molar-refractivity contribution >= 4 is 17.3 Å². The van der Waals surface area contributed by atoms with Crippen LogP contribution in [0.25, 0.3) is 5.57 Å². The van der Waals surface area contributed by atoms with E-state index in [4.69, 9.17) is 14.2 Å². The average molecular weight is 400 g/mol. The maximum atomic E-state index is 12.5. The van der Waals surface area contributed by atoms with Crippen molar-refractivity contribution in [3.63, 3.8) is 0 Å². The normalized spacial score (nSPS) is 25.6. The second kappa shape index (κ2) is 7.55. The van der Waals surface area contributed by atoms with Crippen LogP contribution >= 0.6 is 0 Å². The molecular weight excluding hydrogens is 376 g/mol. The lowest BCUT2D eigenvalue weighted by Crippen LogP contribution is -2.31. The highest BCUT2D eigenvalue weighted by Gasteiger charge is 2.41. The summed E-state index contributed by atoms with van der Waals surface area (Å²) >= 11 is 0. The first-order valence-corrected chi connectivity index (χ1v) is 9.74. The smallest absolute Gasteiger partial charge is 0.339 e. The van der Waals surface area contributed by atoms with Crippen LogP contribution in [0.2, 0.25) is 0 Å². The second-order valence-corrected chi connectivity index (χ2v) is 7.63. The number of carboxylic acid groups (broad SMARTS) is 1. The lowest BCUT2D eigenvalue weighted by atomic mass is 9.76. The molecule has 4 rings (SSSR count). The van der Waals surface area contributed by atoms with E-state index >= 15 is 0 Å². The summed E-state index contributed by atoms with van der Waals surface area (Å²) in [5, 5.41) is 19.6. The van der Waals surface area contributed by atoms with Gasteiger partial charge >= 0.3 is 5.97 Å². The molecule has 7 nitrogen and oxygen atoms in total. The van der Waals surface area contributed by atoms with E-state index in [2.05, 4.69) is 0 Å². The Hall–Kier alpha value is -2.80. The number of carbonyl (C=O) groups excluding carboxylic acids is 1. The summed E-state index contributed by atoms with van der Waals surface area (Å²) in [5.41, 5.74) is 2.04. The van der Waals surface area contributed by atoms with Crippen LogP contribution in [-0.2, 0) is 9.59 Å². The number of allylic oxidation sites excluding steroid dienone is 1. The third kappa shape index (κ3) is 3.40. The maximum Gasteiger partial charge on any atom is 0.339 e. The van der Waals surface area contributed by atoms with Crippen molar-refractivity contribution < 1.29 is 34.0 Å². The second-order valence-electron chi connectivity index (χ2n) is 7.63. The number of aliphatic hydroxyl groups is 1. The molecule has 2 atom stereocenters. The standard InChI is InChI=1S/C22H24O7/c1-27-18-8-15-17(9-19(18)28-2)29-20(10-23)14-7-13(22(25)26)16(24)6-5-12(21(14)15)11-3-4-11/h7-9,11-12,20,23H,3-6,10H2,1-2H3,(H,25,26)/b13-7+. The highest BCUT2D eigenvalue weighted by Crippen LogP contribution is 2.53. The number of Topliss-reactive ketones (excluding diaryl/α,β-unsaturated/α-hetero) is 1. The number of ketones is 1. The van der Waals surface area contributed by atoms with E-state index in [1.807, 2.05) is 6.07 Å². The number of carboxylic acids is 1. The number of carbonyl (C=O) groups is 2. The molecule has 3 aliphatic rings. The Morgan fingerprint density at radius 2 is 1.86 bits per heavy atom. The van der Waals surface area contributed by atoms with Crippen LogP contribution in [0.4, 0.5) is 0 Å². The number of ether oxygens (including phenoxy) is 3. The minimum atomic E-state index is -1.26. The van der Waals surface area contributed by atoms with Crippen LogP contribution in [0.1, 0.15) is 31.2 Å². The summed E-state index contributed by atoms with van der Waals surface area (Å²) in [5.74, 6) is 0.493. The van der Waals surface area contributed by atoms with Gasteiger partial charge in [-0.25, -0.2) is 4.79 Å². The molecule has 0 radical (unpaired) electrons. The molecule has 0 saturated heterocycles. The van der Waals surface area contributed by atoms with Gasteiger partial charge in [0.2, 0.25) is 0 Å². The maximum absolute atomic E-state index is 12.5. The van der Waals surface area contributed by atoms with Gasteiger partial charge in [0.05, 0.1) is 20.8 Å². The molecule has 1 fully saturated rings. The van der Waals surface area contributed by atoms with Gasteiger partial charge in [-0.2, -0.15) is 0 Å². The van der Waals surface area contributed by atoms with Gasteiger partial charge in [-0.05, 0) is 54.4 Å². The summed E-state index contributed by atoms with van der Waals surface area (Å²) in [7, 11) is 3.09. The van der Waals surface area contributed by atoms with Crippen LogP contribution in [0.15, 0.2) is 29.4 Å². The van der Waals surface area contributed by atoms with E-state index < -0.39 is 12.1 Å². The van der Waals surface area contributed by atoms with Gasteiger partial charge in [0.25, 0.3) is 0 Å². The molecule has 1 aromatic carbocycles. The zero-order valence-corrected chi connectivity index (χ0v) is 16.4. The third-order valence-electron chi connectivity index (χ3n) is 5.94. The van der Waals surface area contributed by atoms with Gasteiger partial charge in [0.1, 0.15) is 17.4 Å². The van der Waals surface area contributed by atoms with Crippen molar-refractivity contribution in [2.24, 2.45) is 11.8 Å². The Balaban J connectivity index is 1.99. The van der Waals surface area contributed by atoms with Gasteiger partial charge in [0, 0.05) is 18.1 Å². The molecule has 0 amide bonds. The van der Waals surface area contributed by atoms with Crippen LogP contribution < -0.4 is 14.2 Å². The lowest BCUT2D eigenvalue weighted by molar-refractivity contribution is -0.134. The minimum absolute atomic E-state index is 0.0929. The number of benzene rings is 1. The number of fused-ring (bicyclic) bond motifs is 2. The van der Waals surface area contributed by atoms with Gasteiger partial charge in [0.15, 0.2) is 17.3 Å². The molecule has 29 heavy (non-hydrogen) atoms. The van der Waals surface area contributed by atoms with Crippen molar-refractivity contribution in [3.8, 4) is 17.2 Å². The quantitative estimate of drug-likeness (QED) is 0.733. The van der Waals surface area contributed by atoms with E-state index in [9.17, 15) is 19.8 Å². The number of methoxy groups -OCH3 is 2. The number of aliphatic carboxylic acids is 1. The van der Waals surface area contributed by atoms with E-state index in [-0.39, 0.29) is 30.3 Å². The third-order valence-corrected chi connectivity index (χ3v) is 5.94. The molecule has 1 aliphatic heterocycles. The highest BCUT2D eigenvalue weighted by atomic mass is 16.5. The summed E-state index contributed by atoms with van der Waals surface area (Å²) in [6.45, 7) is -0.332. The number of aliphatic hydroxyl groups excluding tert-OH is 1. The molecule has 1 aromatic rings. The summed E-state index contributed by atoms with van der Waals surface area (Å²) in [6.07, 6.45) is 3.53. The first kappa shape index (κ1) is 19.5.